The molecule has 6 nitrogen and oxygen atoms in total. The molecule has 3 unspecified atom stereocenters. The third kappa shape index (κ3) is 2.92. The van der Waals surface area contributed by atoms with Crippen molar-refractivity contribution in [3.63, 3.8) is 0 Å². The van der Waals surface area contributed by atoms with E-state index in [-0.39, 0.29) is 12.0 Å². The van der Waals surface area contributed by atoms with Gasteiger partial charge in [-0.2, -0.15) is 4.33 Å². The van der Waals surface area contributed by atoms with E-state index in [1.165, 1.54) is 0 Å². The van der Waals surface area contributed by atoms with Crippen LogP contribution in [0.5, 0.6) is 0 Å². The van der Waals surface area contributed by atoms with Gasteiger partial charge in [0.05, 0.1) is 17.6 Å². The van der Waals surface area contributed by atoms with Crippen molar-refractivity contribution in [3.8, 4) is 0 Å². The van der Waals surface area contributed by atoms with E-state index < -0.39 is 22.2 Å². The molecule has 3 atom stereocenters. The van der Waals surface area contributed by atoms with Crippen molar-refractivity contribution in [2.24, 2.45) is 11.8 Å². The largest absolute Gasteiger partial charge is 0.691 e. The first-order valence-electron chi connectivity index (χ1n) is 7.05. The van der Waals surface area contributed by atoms with Gasteiger partial charge in [-0.05, 0) is 50.9 Å². The Bertz CT molecular complexity index is 428. The lowest BCUT2D eigenvalue weighted by atomic mass is 9.52. The predicted octanol–water partition coefficient (Wildman–Crippen LogP) is 1.17. The molecule has 0 aromatic rings. The molecule has 0 aliphatic heterocycles. The van der Waals surface area contributed by atoms with Gasteiger partial charge in [0.1, 0.15) is 5.60 Å². The summed E-state index contributed by atoms with van der Waals surface area (Å²) in [4.78, 5) is 12.0. The van der Waals surface area contributed by atoms with Crippen molar-refractivity contribution in [1.82, 2.24) is 0 Å². The van der Waals surface area contributed by atoms with Crippen LogP contribution in [-0.2, 0) is 18.9 Å². The zero-order valence-electron chi connectivity index (χ0n) is 11.7. The summed E-state index contributed by atoms with van der Waals surface area (Å²) in [5.74, 6) is -0.456. The zero-order valence-corrected chi connectivity index (χ0v) is 12.5. The van der Waals surface area contributed by atoms with Gasteiger partial charge >= 0.3 is 5.97 Å². The highest BCUT2D eigenvalue weighted by Crippen LogP contribution is 2.59. The summed E-state index contributed by atoms with van der Waals surface area (Å²) in [6, 6.07) is 0. The van der Waals surface area contributed by atoms with Gasteiger partial charge in [-0.15, -0.1) is 0 Å². The van der Waals surface area contributed by atoms with Crippen LogP contribution in [0.25, 0.3) is 0 Å². The maximum Gasteiger partial charge on any atom is 0.357 e. The van der Waals surface area contributed by atoms with Crippen LogP contribution in [0.3, 0.4) is 0 Å². The fourth-order valence-electron chi connectivity index (χ4n) is 4.65. The number of halogens is 1. The van der Waals surface area contributed by atoms with Crippen LogP contribution in [0.15, 0.2) is 0 Å². The van der Waals surface area contributed by atoms with E-state index in [4.69, 9.17) is 4.74 Å². The third-order valence-electron chi connectivity index (χ3n) is 4.87. The topological polar surface area (TPSA) is 88.0 Å². The molecule has 0 amide bonds. The first-order chi connectivity index (χ1) is 9.76. The number of aliphatic hydroxyl groups is 1. The average Bonchev–Trinajstić information content (AvgIpc) is 2.32. The van der Waals surface area contributed by atoms with Crippen LogP contribution in [0.1, 0.15) is 45.4 Å². The van der Waals surface area contributed by atoms with Gasteiger partial charge in [0.15, 0.2) is 0 Å². The maximum absolute atomic E-state index is 14.1. The Morgan fingerprint density at radius 2 is 2.00 bits per heavy atom. The molecule has 8 heteroatoms. The lowest BCUT2D eigenvalue weighted by Gasteiger charge is -2.59. The van der Waals surface area contributed by atoms with Crippen LogP contribution in [-0.4, -0.2) is 27.3 Å². The number of hydrogen-bond acceptors (Lipinski definition) is 7. The number of hydrogen-bond donors (Lipinski definition) is 1. The van der Waals surface area contributed by atoms with Crippen LogP contribution in [0, 0.1) is 11.8 Å². The van der Waals surface area contributed by atoms with Crippen LogP contribution in [0.2, 0.25) is 0 Å². The van der Waals surface area contributed by atoms with Gasteiger partial charge in [-0.25, -0.2) is 9.18 Å². The third-order valence-corrected chi connectivity index (χ3v) is 5.47. The summed E-state index contributed by atoms with van der Waals surface area (Å²) in [6.45, 7) is 0.953. The minimum Gasteiger partial charge on any atom is -0.691 e. The van der Waals surface area contributed by atoms with Crippen LogP contribution < -0.4 is 5.26 Å². The maximum atomic E-state index is 14.1. The van der Waals surface area contributed by atoms with Gasteiger partial charge in [-0.1, -0.05) is 0 Å². The molecule has 0 saturated heterocycles. The van der Waals surface area contributed by atoms with Crippen molar-refractivity contribution in [2.75, 3.05) is 0 Å². The molecule has 1 N–H and O–H groups in total. The Kier molecular flexibility index (Phi) is 3.73. The number of alkyl halides is 1. The molecule has 0 aromatic heterocycles. The smallest absolute Gasteiger partial charge is 0.357 e. The quantitative estimate of drug-likeness (QED) is 0.352. The zero-order chi connectivity index (χ0) is 15.3. The Hall–Kier alpha value is -0.410. The highest BCUT2D eigenvalue weighted by Gasteiger charge is 2.60. The summed E-state index contributed by atoms with van der Waals surface area (Å²) in [5.41, 5.74) is -1.58. The molecular formula is C13H18FO6S-. The molecule has 0 radical (unpaired) electrons. The lowest BCUT2D eigenvalue weighted by molar-refractivity contribution is -0.777. The summed E-state index contributed by atoms with van der Waals surface area (Å²) in [6.07, 6.45) is 4.19. The van der Waals surface area contributed by atoms with E-state index in [0.29, 0.717) is 31.1 Å². The molecule has 4 aliphatic rings. The monoisotopic (exact) mass is 321 g/mol. The number of esters is 1. The number of rotatable bonds is 5. The fraction of sp³-hybridized carbons (Fsp3) is 0.923. The van der Waals surface area contributed by atoms with E-state index in [1.54, 1.807) is 0 Å². The minimum atomic E-state index is -2.53. The summed E-state index contributed by atoms with van der Waals surface area (Å²) < 4.78 is 23.5. The molecular weight excluding hydrogens is 303 g/mol. The molecule has 0 heterocycles. The molecule has 4 saturated carbocycles. The normalized spacial score (nSPS) is 43.6. The molecule has 4 aliphatic carbocycles. The molecule has 0 aromatic carbocycles. The minimum absolute atomic E-state index is 0.0239. The first kappa shape index (κ1) is 15.5. The van der Waals surface area contributed by atoms with Crippen LogP contribution >= 0.6 is 12.0 Å². The molecule has 0 spiro atoms. The standard InChI is InChI=1S/C13H19FO6S/c1-11(14,21-20-19-17)10(15)18-13-5-8-2-9(6-13)4-12(16,3-8)7-13/h8-9,16-17H,2-7H2,1H3/p-1. The van der Waals surface area contributed by atoms with Gasteiger partial charge in [0, 0.05) is 6.42 Å². The van der Waals surface area contributed by atoms with Crippen molar-refractivity contribution < 1.29 is 33.7 Å². The van der Waals surface area contributed by atoms with Crippen molar-refractivity contribution in [1.29, 1.82) is 0 Å². The second-order valence-electron chi connectivity index (χ2n) is 6.89. The number of carbonyl (C=O) groups is 1. The van der Waals surface area contributed by atoms with E-state index in [2.05, 4.69) is 9.37 Å². The molecule has 120 valence electrons. The van der Waals surface area contributed by atoms with E-state index in [9.17, 15) is 19.5 Å². The number of carbonyl (C=O) groups excluding carboxylic acids is 1. The molecule has 21 heavy (non-hydrogen) atoms. The van der Waals surface area contributed by atoms with Crippen molar-refractivity contribution >= 4 is 18.0 Å². The van der Waals surface area contributed by atoms with E-state index in [0.717, 1.165) is 26.2 Å². The SMILES string of the molecule is CC(F)(SOO[O-])C(=O)OC12CC3CC(CC(O)(C3)C1)C2. The number of ether oxygens (including phenoxy) is 1. The second kappa shape index (κ2) is 5.06. The summed E-state index contributed by atoms with van der Waals surface area (Å²) >= 11 is -0.0239. The lowest BCUT2D eigenvalue weighted by Crippen LogP contribution is -2.61. The first-order valence-corrected chi connectivity index (χ1v) is 7.79. The van der Waals surface area contributed by atoms with Crippen molar-refractivity contribution in [3.05, 3.63) is 0 Å². The molecule has 4 fully saturated rings. The van der Waals surface area contributed by atoms with Gasteiger partial charge in [0.2, 0.25) is 0 Å². The average molecular weight is 321 g/mol. The predicted molar refractivity (Wildman–Crippen MR) is 67.7 cm³/mol. The highest BCUT2D eigenvalue weighted by molar-refractivity contribution is 7.96. The molecule has 4 rings (SSSR count). The van der Waals surface area contributed by atoms with E-state index >= 15 is 0 Å². The van der Waals surface area contributed by atoms with Gasteiger partial charge < -0.3 is 15.1 Å². The van der Waals surface area contributed by atoms with Crippen molar-refractivity contribution in [2.45, 2.75) is 61.7 Å². The Labute approximate surface area is 126 Å². The second-order valence-corrected chi connectivity index (χ2v) is 7.96. The summed E-state index contributed by atoms with van der Waals surface area (Å²) in [5, 5.41) is 20.8. The van der Waals surface area contributed by atoms with Crippen LogP contribution in [0.4, 0.5) is 4.39 Å². The van der Waals surface area contributed by atoms with Gasteiger partial charge in [-0.3, -0.25) is 5.04 Å². The van der Waals surface area contributed by atoms with E-state index in [1.807, 2.05) is 0 Å². The van der Waals surface area contributed by atoms with Gasteiger partial charge in [0.25, 0.3) is 5.00 Å². The highest BCUT2D eigenvalue weighted by atomic mass is 32.2. The summed E-state index contributed by atoms with van der Waals surface area (Å²) in [7, 11) is 0. The Morgan fingerprint density at radius 3 is 2.52 bits per heavy atom. The Morgan fingerprint density at radius 1 is 1.38 bits per heavy atom. The fourth-order valence-corrected chi connectivity index (χ4v) is 4.92. The molecule has 4 bridgehead atoms. The Balaban J connectivity index is 1.71.